The second-order valence-electron chi connectivity index (χ2n) is 6.86. The van der Waals surface area contributed by atoms with Gasteiger partial charge in [0.15, 0.2) is 0 Å². The zero-order valence-corrected chi connectivity index (χ0v) is 18.8. The van der Waals surface area contributed by atoms with Crippen molar-refractivity contribution in [3.63, 3.8) is 0 Å². The van der Waals surface area contributed by atoms with Gasteiger partial charge in [-0.05, 0) is 25.1 Å². The molecule has 0 amide bonds. The molecular weight excluding hydrogens is 465 g/mol. The van der Waals surface area contributed by atoms with Gasteiger partial charge in [-0.3, -0.25) is 4.98 Å². The third-order valence-corrected chi connectivity index (χ3v) is 7.74. The average Bonchev–Trinajstić information content (AvgIpc) is 3.30. The van der Waals surface area contributed by atoms with Crippen LogP contribution in [0, 0.1) is 5.82 Å². The predicted molar refractivity (Wildman–Crippen MR) is 115 cm³/mol. The highest BCUT2D eigenvalue weighted by Gasteiger charge is 2.33. The number of nitrogens with zero attached hydrogens (tertiary/aromatic N) is 4. The van der Waals surface area contributed by atoms with Crippen LogP contribution in [0.2, 0.25) is 5.02 Å². The molecule has 164 valence electrons. The van der Waals surface area contributed by atoms with Crippen molar-refractivity contribution in [2.24, 2.45) is 0 Å². The summed E-state index contributed by atoms with van der Waals surface area (Å²) in [5.74, 6) is -0.122. The highest BCUT2D eigenvalue weighted by atomic mass is 35.5. The van der Waals surface area contributed by atoms with Crippen molar-refractivity contribution in [1.29, 1.82) is 0 Å². The van der Waals surface area contributed by atoms with E-state index in [0.717, 1.165) is 11.2 Å². The number of thiazole rings is 1. The Bertz CT molecular complexity index is 1150. The van der Waals surface area contributed by atoms with E-state index in [0.29, 0.717) is 11.5 Å². The van der Waals surface area contributed by atoms with Crippen LogP contribution in [0.1, 0.15) is 29.8 Å². The Morgan fingerprint density at radius 1 is 1.32 bits per heavy atom. The lowest BCUT2D eigenvalue weighted by Crippen LogP contribution is -2.42. The molecule has 1 fully saturated rings. The third-order valence-electron chi connectivity index (χ3n) is 4.76. The van der Waals surface area contributed by atoms with Crippen molar-refractivity contribution in [2.75, 3.05) is 25.0 Å². The molecule has 0 aliphatic carbocycles. The first kappa shape index (κ1) is 22.0. The normalized spacial score (nSPS) is 18.6. The van der Waals surface area contributed by atoms with Crippen LogP contribution in [-0.4, -0.2) is 47.4 Å². The third kappa shape index (κ3) is 4.85. The number of morpholine rings is 1. The summed E-state index contributed by atoms with van der Waals surface area (Å²) < 4.78 is 46.4. The Kier molecular flexibility index (Phi) is 6.49. The molecule has 0 aromatic carbocycles. The minimum absolute atomic E-state index is 0.00426. The molecule has 12 heteroatoms. The minimum atomic E-state index is -3.81. The topological polar surface area (TPSA) is 97.3 Å². The van der Waals surface area contributed by atoms with Crippen LogP contribution >= 0.6 is 22.9 Å². The summed E-state index contributed by atoms with van der Waals surface area (Å²) in [4.78, 5) is 12.4. The molecule has 0 bridgehead atoms. The molecule has 31 heavy (non-hydrogen) atoms. The molecule has 4 rings (SSSR count). The van der Waals surface area contributed by atoms with E-state index >= 15 is 0 Å². The van der Waals surface area contributed by atoms with Gasteiger partial charge in [-0.2, -0.15) is 4.31 Å². The average molecular weight is 484 g/mol. The van der Waals surface area contributed by atoms with E-state index in [4.69, 9.17) is 16.3 Å². The van der Waals surface area contributed by atoms with Gasteiger partial charge < -0.3 is 10.1 Å². The molecule has 3 aromatic heterocycles. The molecule has 3 aromatic rings. The van der Waals surface area contributed by atoms with Gasteiger partial charge >= 0.3 is 0 Å². The lowest BCUT2D eigenvalue weighted by Gasteiger charge is -2.31. The highest BCUT2D eigenvalue weighted by Crippen LogP contribution is 2.30. The number of rotatable bonds is 6. The number of hydrogen-bond acceptors (Lipinski definition) is 8. The van der Waals surface area contributed by atoms with E-state index in [1.54, 1.807) is 12.3 Å². The molecule has 1 aliphatic rings. The molecular formula is C19H19ClFN5O3S2. The molecule has 4 heterocycles. The maximum absolute atomic E-state index is 13.1. The Hall–Kier alpha value is -2.18. The van der Waals surface area contributed by atoms with Crippen molar-refractivity contribution in [3.8, 4) is 0 Å². The summed E-state index contributed by atoms with van der Waals surface area (Å²) in [6, 6.07) is 3.92. The second kappa shape index (κ2) is 9.13. The largest absolute Gasteiger partial charge is 0.368 e. The highest BCUT2D eigenvalue weighted by molar-refractivity contribution is 7.89. The number of pyridine rings is 2. The van der Waals surface area contributed by atoms with Crippen LogP contribution in [0.4, 0.5) is 10.2 Å². The van der Waals surface area contributed by atoms with Crippen LogP contribution < -0.4 is 5.32 Å². The quantitative estimate of drug-likeness (QED) is 0.571. The Morgan fingerprint density at radius 3 is 2.84 bits per heavy atom. The number of sulfonamides is 1. The van der Waals surface area contributed by atoms with Crippen LogP contribution in [0.15, 0.2) is 47.1 Å². The Balaban J connectivity index is 1.50. The molecule has 1 N–H and O–H groups in total. The number of ether oxygens (including phenoxy) is 1. The molecule has 0 saturated carbocycles. The summed E-state index contributed by atoms with van der Waals surface area (Å²) in [5.41, 5.74) is 0.595. The molecule has 2 atom stereocenters. The number of anilines is 1. The molecule has 1 unspecified atom stereocenters. The first-order valence-electron chi connectivity index (χ1n) is 9.39. The van der Waals surface area contributed by atoms with Gasteiger partial charge in [-0.15, -0.1) is 11.3 Å². The van der Waals surface area contributed by atoms with Gasteiger partial charge in [0.1, 0.15) is 27.6 Å². The van der Waals surface area contributed by atoms with Gasteiger partial charge in [0, 0.05) is 30.9 Å². The van der Waals surface area contributed by atoms with Gasteiger partial charge in [0.05, 0.1) is 29.6 Å². The lowest BCUT2D eigenvalue weighted by atomic mass is 10.2. The smallest absolute Gasteiger partial charge is 0.244 e. The number of nitrogens with one attached hydrogen (secondary N) is 1. The second-order valence-corrected chi connectivity index (χ2v) is 10.1. The van der Waals surface area contributed by atoms with Crippen LogP contribution in [-0.2, 0) is 14.8 Å². The number of halogens is 2. The van der Waals surface area contributed by atoms with Crippen molar-refractivity contribution in [3.05, 3.63) is 63.7 Å². The van der Waals surface area contributed by atoms with Crippen molar-refractivity contribution in [2.45, 2.75) is 24.0 Å². The van der Waals surface area contributed by atoms with E-state index in [9.17, 15) is 12.8 Å². The van der Waals surface area contributed by atoms with Crippen molar-refractivity contribution < 1.29 is 17.5 Å². The standard InChI is InChI=1S/C19H19ClFN5O3S2/c1-12(16-3-2-13(21)9-23-16)25-18-15(20)8-14(10-24-18)31(27,28)26-5-6-29-17(11-26)19-22-4-7-30-19/h2-4,7-10,12,17H,5-6,11H2,1H3,(H,24,25)/t12-,17?/m0/s1. The molecule has 8 nitrogen and oxygen atoms in total. The number of hydrogen-bond donors (Lipinski definition) is 1. The predicted octanol–water partition coefficient (Wildman–Crippen LogP) is 3.66. The zero-order valence-electron chi connectivity index (χ0n) is 16.4. The monoisotopic (exact) mass is 483 g/mol. The molecule has 1 aliphatic heterocycles. The first-order valence-corrected chi connectivity index (χ1v) is 12.1. The molecule has 1 saturated heterocycles. The summed E-state index contributed by atoms with van der Waals surface area (Å²) in [6.07, 6.45) is 3.65. The van der Waals surface area contributed by atoms with Gasteiger partial charge in [-0.1, -0.05) is 11.6 Å². The Labute approximate surface area is 188 Å². The van der Waals surface area contributed by atoms with Gasteiger partial charge in [0.25, 0.3) is 0 Å². The van der Waals surface area contributed by atoms with Crippen LogP contribution in [0.3, 0.4) is 0 Å². The van der Waals surface area contributed by atoms with Crippen LogP contribution in [0.25, 0.3) is 0 Å². The van der Waals surface area contributed by atoms with Gasteiger partial charge in [-0.25, -0.2) is 22.8 Å². The van der Waals surface area contributed by atoms with E-state index in [2.05, 4.69) is 20.3 Å². The SMILES string of the molecule is C[C@H](Nc1ncc(S(=O)(=O)N2CCOC(c3nccs3)C2)cc1Cl)c1ccc(F)cn1. The van der Waals surface area contributed by atoms with E-state index in [1.165, 1.54) is 34.0 Å². The first-order chi connectivity index (χ1) is 14.8. The fourth-order valence-corrected chi connectivity index (χ4v) is 5.49. The summed E-state index contributed by atoms with van der Waals surface area (Å²) >= 11 is 7.74. The summed E-state index contributed by atoms with van der Waals surface area (Å²) in [5, 5.41) is 5.78. The van der Waals surface area contributed by atoms with Gasteiger partial charge in [0.2, 0.25) is 10.0 Å². The fraction of sp³-hybridized carbons (Fsp3) is 0.316. The Morgan fingerprint density at radius 2 is 2.16 bits per heavy atom. The maximum Gasteiger partial charge on any atom is 0.244 e. The van der Waals surface area contributed by atoms with E-state index in [-0.39, 0.29) is 35.7 Å². The summed E-state index contributed by atoms with van der Waals surface area (Å²) in [7, 11) is -3.81. The molecule has 0 spiro atoms. The summed E-state index contributed by atoms with van der Waals surface area (Å²) in [6.45, 7) is 2.48. The molecule has 0 radical (unpaired) electrons. The number of aromatic nitrogens is 3. The van der Waals surface area contributed by atoms with Crippen molar-refractivity contribution in [1.82, 2.24) is 19.3 Å². The maximum atomic E-state index is 13.1. The fourth-order valence-electron chi connectivity index (χ4n) is 3.13. The van der Waals surface area contributed by atoms with E-state index < -0.39 is 21.9 Å². The zero-order chi connectivity index (χ0) is 22.0. The van der Waals surface area contributed by atoms with E-state index in [1.807, 2.05) is 12.3 Å². The van der Waals surface area contributed by atoms with Crippen LogP contribution in [0.5, 0.6) is 0 Å². The minimum Gasteiger partial charge on any atom is -0.368 e. The lowest BCUT2D eigenvalue weighted by molar-refractivity contribution is -0.00266. The van der Waals surface area contributed by atoms with Crippen molar-refractivity contribution >= 4 is 38.8 Å².